The molecule has 0 saturated carbocycles. The predicted molar refractivity (Wildman–Crippen MR) is 50.9 cm³/mol. The van der Waals surface area contributed by atoms with Gasteiger partial charge in [0.25, 0.3) is 0 Å². The van der Waals surface area contributed by atoms with Gasteiger partial charge in [-0.2, -0.15) is 0 Å². The molecule has 0 bridgehead atoms. The molecule has 1 aromatic heterocycles. The molecule has 0 aliphatic carbocycles. The average Bonchev–Trinajstić information content (AvgIpc) is 2.51. The van der Waals surface area contributed by atoms with E-state index in [1.807, 2.05) is 17.5 Å². The molecular formula is C9H14NOS+. The summed E-state index contributed by atoms with van der Waals surface area (Å²) in [6.45, 7) is 0.913. The van der Waals surface area contributed by atoms with Crippen molar-refractivity contribution in [3.63, 3.8) is 0 Å². The Balaban J connectivity index is 2.40. The number of hydrogen-bond acceptors (Lipinski definition) is 2. The first-order valence-corrected chi connectivity index (χ1v) is 4.94. The van der Waals surface area contributed by atoms with Crippen LogP contribution >= 0.6 is 11.3 Å². The van der Waals surface area contributed by atoms with E-state index in [1.54, 1.807) is 0 Å². The summed E-state index contributed by atoms with van der Waals surface area (Å²) in [5, 5.41) is 1.94. The lowest BCUT2D eigenvalue weighted by Gasteiger charge is -2.04. The van der Waals surface area contributed by atoms with Gasteiger partial charge in [0.15, 0.2) is 5.78 Å². The van der Waals surface area contributed by atoms with Crippen LogP contribution in [-0.2, 0) is 0 Å². The van der Waals surface area contributed by atoms with Crippen LogP contribution in [0.5, 0.6) is 0 Å². The van der Waals surface area contributed by atoms with E-state index in [2.05, 4.69) is 14.1 Å². The van der Waals surface area contributed by atoms with Crippen LogP contribution in [0.3, 0.4) is 0 Å². The largest absolute Gasteiger partial charge is 0.339 e. The monoisotopic (exact) mass is 184 g/mol. The predicted octanol–water partition coefficient (Wildman–Crippen LogP) is 0.465. The molecule has 1 rings (SSSR count). The SMILES string of the molecule is C[NH+](C)CCC(=O)c1cccs1. The van der Waals surface area contributed by atoms with Crippen LogP contribution in [-0.4, -0.2) is 26.4 Å². The van der Waals surface area contributed by atoms with Gasteiger partial charge in [0.05, 0.1) is 31.9 Å². The van der Waals surface area contributed by atoms with E-state index in [0.717, 1.165) is 11.4 Å². The number of ketones is 1. The van der Waals surface area contributed by atoms with E-state index in [4.69, 9.17) is 0 Å². The van der Waals surface area contributed by atoms with Crippen molar-refractivity contribution in [2.45, 2.75) is 6.42 Å². The Bertz CT molecular complexity index is 241. The Morgan fingerprint density at radius 1 is 1.58 bits per heavy atom. The summed E-state index contributed by atoms with van der Waals surface area (Å²) in [6, 6.07) is 3.80. The van der Waals surface area contributed by atoms with E-state index < -0.39 is 0 Å². The maximum absolute atomic E-state index is 11.4. The Morgan fingerprint density at radius 3 is 2.83 bits per heavy atom. The molecule has 0 atom stereocenters. The number of hydrogen-bond donors (Lipinski definition) is 1. The molecule has 3 heteroatoms. The van der Waals surface area contributed by atoms with Gasteiger partial charge in [-0.05, 0) is 11.4 Å². The van der Waals surface area contributed by atoms with Crippen molar-refractivity contribution in [1.29, 1.82) is 0 Å². The van der Waals surface area contributed by atoms with Crippen molar-refractivity contribution >= 4 is 17.1 Å². The Labute approximate surface area is 76.8 Å². The molecule has 0 aromatic carbocycles. The van der Waals surface area contributed by atoms with Crippen LogP contribution < -0.4 is 4.90 Å². The number of Topliss-reactive ketones (excluding diaryl/α,β-unsaturated/α-hetero) is 1. The molecule has 2 nitrogen and oxygen atoms in total. The van der Waals surface area contributed by atoms with Gasteiger partial charge in [-0.25, -0.2) is 0 Å². The number of carbonyl (C=O) groups excluding carboxylic acids is 1. The molecule has 0 aliphatic heterocycles. The van der Waals surface area contributed by atoms with Crippen molar-refractivity contribution in [3.05, 3.63) is 22.4 Å². The Morgan fingerprint density at radius 2 is 2.33 bits per heavy atom. The molecule has 1 N–H and O–H groups in total. The number of nitrogens with one attached hydrogen (secondary N) is 1. The van der Waals surface area contributed by atoms with Crippen LogP contribution in [0.25, 0.3) is 0 Å². The van der Waals surface area contributed by atoms with E-state index in [1.165, 1.54) is 16.2 Å². The third-order valence-corrected chi connectivity index (χ3v) is 2.56. The fourth-order valence-corrected chi connectivity index (χ4v) is 1.62. The molecule has 1 heterocycles. The van der Waals surface area contributed by atoms with Gasteiger partial charge in [-0.1, -0.05) is 6.07 Å². The Kier molecular flexibility index (Phi) is 3.44. The third kappa shape index (κ3) is 2.75. The fraction of sp³-hybridized carbons (Fsp3) is 0.444. The molecule has 0 saturated heterocycles. The van der Waals surface area contributed by atoms with Gasteiger partial charge in [-0.3, -0.25) is 4.79 Å². The molecule has 0 spiro atoms. The quantitative estimate of drug-likeness (QED) is 0.675. The summed E-state index contributed by atoms with van der Waals surface area (Å²) in [7, 11) is 4.11. The molecule has 12 heavy (non-hydrogen) atoms. The van der Waals surface area contributed by atoms with Crippen molar-refractivity contribution in [3.8, 4) is 0 Å². The lowest BCUT2D eigenvalue weighted by atomic mass is 10.2. The van der Waals surface area contributed by atoms with Crippen LogP contribution in [0.2, 0.25) is 0 Å². The summed E-state index contributed by atoms with van der Waals surface area (Å²) in [4.78, 5) is 13.6. The lowest BCUT2D eigenvalue weighted by Crippen LogP contribution is -3.05. The molecule has 66 valence electrons. The summed E-state index contributed by atoms with van der Waals surface area (Å²) in [5.41, 5.74) is 0. The van der Waals surface area contributed by atoms with Gasteiger partial charge in [0.2, 0.25) is 0 Å². The summed E-state index contributed by atoms with van der Waals surface area (Å²) >= 11 is 1.52. The average molecular weight is 184 g/mol. The number of carbonyl (C=O) groups is 1. The summed E-state index contributed by atoms with van der Waals surface area (Å²) < 4.78 is 0. The molecular weight excluding hydrogens is 170 g/mol. The van der Waals surface area contributed by atoms with Gasteiger partial charge < -0.3 is 4.90 Å². The van der Waals surface area contributed by atoms with E-state index in [0.29, 0.717) is 6.42 Å². The first-order chi connectivity index (χ1) is 5.70. The normalized spacial score (nSPS) is 10.6. The fourth-order valence-electron chi connectivity index (χ4n) is 0.924. The maximum atomic E-state index is 11.4. The van der Waals surface area contributed by atoms with Crippen LogP contribution in [0.15, 0.2) is 17.5 Å². The van der Waals surface area contributed by atoms with Crippen molar-refractivity contribution in [1.82, 2.24) is 0 Å². The van der Waals surface area contributed by atoms with Crippen molar-refractivity contribution < 1.29 is 9.69 Å². The minimum absolute atomic E-state index is 0.270. The standard InChI is InChI=1S/C9H13NOS/c1-10(2)6-5-8(11)9-4-3-7-12-9/h3-4,7H,5-6H2,1-2H3/p+1. The van der Waals surface area contributed by atoms with Gasteiger partial charge in [-0.15, -0.1) is 11.3 Å². The first kappa shape index (κ1) is 9.42. The first-order valence-electron chi connectivity index (χ1n) is 4.06. The maximum Gasteiger partial charge on any atom is 0.178 e. The second-order valence-corrected chi connectivity index (χ2v) is 4.06. The molecule has 0 fully saturated rings. The van der Waals surface area contributed by atoms with Crippen molar-refractivity contribution in [2.24, 2.45) is 0 Å². The smallest absolute Gasteiger partial charge is 0.178 e. The molecule has 0 radical (unpaired) electrons. The highest BCUT2D eigenvalue weighted by molar-refractivity contribution is 7.12. The second-order valence-electron chi connectivity index (χ2n) is 3.11. The van der Waals surface area contributed by atoms with E-state index in [9.17, 15) is 4.79 Å². The zero-order chi connectivity index (χ0) is 8.97. The minimum Gasteiger partial charge on any atom is -0.339 e. The van der Waals surface area contributed by atoms with Gasteiger partial charge in [0.1, 0.15) is 0 Å². The van der Waals surface area contributed by atoms with Gasteiger partial charge in [0, 0.05) is 0 Å². The molecule has 0 aliphatic rings. The lowest BCUT2D eigenvalue weighted by molar-refractivity contribution is -0.857. The second kappa shape index (κ2) is 4.38. The highest BCUT2D eigenvalue weighted by Gasteiger charge is 2.07. The molecule has 1 aromatic rings. The minimum atomic E-state index is 0.270. The molecule has 0 unspecified atom stereocenters. The van der Waals surface area contributed by atoms with Crippen LogP contribution in [0.4, 0.5) is 0 Å². The highest BCUT2D eigenvalue weighted by atomic mass is 32.1. The van der Waals surface area contributed by atoms with Crippen LogP contribution in [0, 0.1) is 0 Å². The number of quaternary nitrogens is 1. The zero-order valence-corrected chi connectivity index (χ0v) is 8.28. The zero-order valence-electron chi connectivity index (χ0n) is 7.46. The van der Waals surface area contributed by atoms with E-state index in [-0.39, 0.29) is 5.78 Å². The van der Waals surface area contributed by atoms with Crippen molar-refractivity contribution in [2.75, 3.05) is 20.6 Å². The molecule has 0 amide bonds. The summed E-state index contributed by atoms with van der Waals surface area (Å²) in [5.74, 6) is 0.270. The Hall–Kier alpha value is -0.670. The van der Waals surface area contributed by atoms with Gasteiger partial charge >= 0.3 is 0 Å². The highest BCUT2D eigenvalue weighted by Crippen LogP contribution is 2.10. The summed E-state index contributed by atoms with van der Waals surface area (Å²) in [6.07, 6.45) is 0.656. The topological polar surface area (TPSA) is 21.5 Å². The number of thiophene rings is 1. The van der Waals surface area contributed by atoms with E-state index >= 15 is 0 Å². The van der Waals surface area contributed by atoms with Crippen LogP contribution in [0.1, 0.15) is 16.1 Å². The number of rotatable bonds is 4. The third-order valence-electron chi connectivity index (χ3n) is 1.65.